The minimum Gasteiger partial charge on any atom is -0.327 e. The van der Waals surface area contributed by atoms with Crippen molar-refractivity contribution in [3.8, 4) is 0 Å². The third-order valence-corrected chi connectivity index (χ3v) is 6.34. The van der Waals surface area contributed by atoms with Crippen LogP contribution in [0.4, 0.5) is 0 Å². The summed E-state index contributed by atoms with van der Waals surface area (Å²) in [5.41, 5.74) is 5.77. The Morgan fingerprint density at radius 3 is 2.28 bits per heavy atom. The van der Waals surface area contributed by atoms with Crippen LogP contribution in [0, 0.1) is 11.3 Å². The molecule has 2 unspecified atom stereocenters. The van der Waals surface area contributed by atoms with Crippen LogP contribution in [-0.2, 0) is 10.2 Å². The van der Waals surface area contributed by atoms with Gasteiger partial charge in [-0.1, -0.05) is 20.8 Å². The van der Waals surface area contributed by atoms with Crippen LogP contribution >= 0.6 is 0 Å². The number of nitrogens with zero attached hydrogens (tertiary/aromatic N) is 1. The van der Waals surface area contributed by atoms with Gasteiger partial charge in [-0.3, -0.25) is 0 Å². The summed E-state index contributed by atoms with van der Waals surface area (Å²) in [6, 6.07) is 0.0587. The Bertz CT molecular complexity index is 400. The molecule has 1 saturated heterocycles. The molecule has 2 fully saturated rings. The highest BCUT2D eigenvalue weighted by molar-refractivity contribution is 7.87. The second-order valence-electron chi connectivity index (χ2n) is 6.42. The largest absolute Gasteiger partial charge is 0.327 e. The molecule has 18 heavy (non-hydrogen) atoms. The van der Waals surface area contributed by atoms with Crippen molar-refractivity contribution in [2.75, 3.05) is 13.1 Å². The minimum absolute atomic E-state index is 0.0307. The predicted octanol–water partition coefficient (Wildman–Crippen LogP) is 0.679. The molecule has 0 amide bonds. The highest BCUT2D eigenvalue weighted by atomic mass is 32.2. The maximum atomic E-state index is 12.3. The van der Waals surface area contributed by atoms with E-state index < -0.39 is 10.2 Å². The average molecular weight is 275 g/mol. The van der Waals surface area contributed by atoms with Gasteiger partial charge in [0.1, 0.15) is 0 Å². The zero-order chi connectivity index (χ0) is 13.6. The second-order valence-corrected chi connectivity index (χ2v) is 8.12. The van der Waals surface area contributed by atoms with Crippen LogP contribution in [-0.4, -0.2) is 37.9 Å². The van der Waals surface area contributed by atoms with Gasteiger partial charge >= 0.3 is 0 Å². The number of hydrogen-bond donors (Lipinski definition) is 2. The highest BCUT2D eigenvalue weighted by Gasteiger charge is 2.48. The van der Waals surface area contributed by atoms with Gasteiger partial charge in [0.05, 0.1) is 0 Å². The van der Waals surface area contributed by atoms with Crippen LogP contribution < -0.4 is 10.5 Å². The Morgan fingerprint density at radius 1 is 1.28 bits per heavy atom. The maximum Gasteiger partial charge on any atom is 0.279 e. The standard InChI is InChI=1S/C12H25N3O2S/c1-9-4-6-15(7-5-9)18(16,17)14-11-8-10(13)12(11,2)3/h9-11,14H,4-8,13H2,1-3H3. The Balaban J connectivity index is 1.96. The van der Waals surface area contributed by atoms with E-state index in [0.29, 0.717) is 19.0 Å². The third-order valence-electron chi connectivity index (χ3n) is 4.72. The lowest BCUT2D eigenvalue weighted by atomic mass is 9.64. The van der Waals surface area contributed by atoms with Crippen molar-refractivity contribution < 1.29 is 8.42 Å². The molecule has 0 aromatic carbocycles. The van der Waals surface area contributed by atoms with Gasteiger partial charge in [-0.2, -0.15) is 17.4 Å². The summed E-state index contributed by atoms with van der Waals surface area (Å²) in [6.45, 7) is 7.48. The van der Waals surface area contributed by atoms with E-state index in [4.69, 9.17) is 5.73 Å². The molecule has 1 aliphatic carbocycles. The van der Waals surface area contributed by atoms with Crippen LogP contribution in [0.1, 0.15) is 40.0 Å². The molecule has 1 aliphatic heterocycles. The molecular formula is C12H25N3O2S. The summed E-state index contributed by atoms with van der Waals surface area (Å²) in [6.07, 6.45) is 2.64. The molecule has 2 rings (SSSR count). The second kappa shape index (κ2) is 4.74. The van der Waals surface area contributed by atoms with Crippen molar-refractivity contribution in [1.29, 1.82) is 0 Å². The SMILES string of the molecule is CC1CCN(S(=O)(=O)NC2CC(N)C2(C)C)CC1. The molecule has 0 spiro atoms. The summed E-state index contributed by atoms with van der Waals surface area (Å²) in [5, 5.41) is 0. The lowest BCUT2D eigenvalue weighted by Crippen LogP contribution is -2.65. The molecule has 2 aliphatic rings. The van der Waals surface area contributed by atoms with Gasteiger partial charge in [0, 0.05) is 25.2 Å². The van der Waals surface area contributed by atoms with E-state index in [1.807, 2.05) is 13.8 Å². The maximum absolute atomic E-state index is 12.3. The number of nitrogens with one attached hydrogen (secondary N) is 1. The molecule has 0 bridgehead atoms. The number of nitrogens with two attached hydrogens (primary N) is 1. The molecule has 1 saturated carbocycles. The lowest BCUT2D eigenvalue weighted by Gasteiger charge is -2.50. The molecule has 5 nitrogen and oxygen atoms in total. The van der Waals surface area contributed by atoms with Crippen molar-refractivity contribution in [3.63, 3.8) is 0 Å². The van der Waals surface area contributed by atoms with Crippen LogP contribution in [0.5, 0.6) is 0 Å². The van der Waals surface area contributed by atoms with E-state index >= 15 is 0 Å². The minimum atomic E-state index is -3.33. The fourth-order valence-corrected chi connectivity index (χ4v) is 4.24. The molecule has 0 radical (unpaired) electrons. The summed E-state index contributed by atoms with van der Waals surface area (Å²) in [4.78, 5) is 0. The van der Waals surface area contributed by atoms with Crippen LogP contribution in [0.3, 0.4) is 0 Å². The van der Waals surface area contributed by atoms with Crippen LogP contribution in [0.2, 0.25) is 0 Å². The average Bonchev–Trinajstić information content (AvgIpc) is 2.29. The molecule has 0 aromatic heterocycles. The Labute approximate surface area is 110 Å². The third kappa shape index (κ3) is 2.57. The molecule has 6 heteroatoms. The Hall–Kier alpha value is -0.170. The molecular weight excluding hydrogens is 250 g/mol. The van der Waals surface area contributed by atoms with Crippen LogP contribution in [0.15, 0.2) is 0 Å². The summed E-state index contributed by atoms with van der Waals surface area (Å²) in [5.74, 6) is 0.630. The number of piperidine rings is 1. The number of hydrogen-bond acceptors (Lipinski definition) is 3. The first-order chi connectivity index (χ1) is 8.23. The van der Waals surface area contributed by atoms with Crippen molar-refractivity contribution in [3.05, 3.63) is 0 Å². The molecule has 106 valence electrons. The zero-order valence-electron chi connectivity index (χ0n) is 11.5. The smallest absolute Gasteiger partial charge is 0.279 e. The number of rotatable bonds is 3. The van der Waals surface area contributed by atoms with Gasteiger partial charge in [0.25, 0.3) is 10.2 Å². The first kappa shape index (κ1) is 14.2. The molecule has 0 aromatic rings. The van der Waals surface area contributed by atoms with Gasteiger partial charge in [-0.15, -0.1) is 0 Å². The van der Waals surface area contributed by atoms with E-state index in [1.165, 1.54) is 0 Å². The van der Waals surface area contributed by atoms with Gasteiger partial charge in [0.2, 0.25) is 0 Å². The van der Waals surface area contributed by atoms with Crippen molar-refractivity contribution in [2.45, 2.75) is 52.1 Å². The highest BCUT2D eigenvalue weighted by Crippen LogP contribution is 2.39. The van der Waals surface area contributed by atoms with Gasteiger partial charge in [0.15, 0.2) is 0 Å². The van der Waals surface area contributed by atoms with Gasteiger partial charge < -0.3 is 5.73 Å². The van der Waals surface area contributed by atoms with Crippen LogP contribution in [0.25, 0.3) is 0 Å². The predicted molar refractivity (Wildman–Crippen MR) is 72.2 cm³/mol. The molecule has 3 N–H and O–H groups in total. The fourth-order valence-electron chi connectivity index (χ4n) is 2.64. The normalized spacial score (nSPS) is 34.2. The van der Waals surface area contributed by atoms with E-state index in [1.54, 1.807) is 4.31 Å². The summed E-state index contributed by atoms with van der Waals surface area (Å²) >= 11 is 0. The van der Waals surface area contributed by atoms with E-state index in [9.17, 15) is 8.42 Å². The Morgan fingerprint density at radius 2 is 1.83 bits per heavy atom. The fraction of sp³-hybridized carbons (Fsp3) is 1.00. The van der Waals surface area contributed by atoms with Gasteiger partial charge in [-0.25, -0.2) is 0 Å². The zero-order valence-corrected chi connectivity index (χ0v) is 12.3. The van der Waals surface area contributed by atoms with Gasteiger partial charge in [-0.05, 0) is 30.6 Å². The quantitative estimate of drug-likeness (QED) is 0.795. The lowest BCUT2D eigenvalue weighted by molar-refractivity contribution is 0.0883. The van der Waals surface area contributed by atoms with Crippen molar-refractivity contribution >= 4 is 10.2 Å². The molecule has 1 heterocycles. The van der Waals surface area contributed by atoms with Crippen molar-refractivity contribution in [2.24, 2.45) is 17.1 Å². The topological polar surface area (TPSA) is 75.4 Å². The first-order valence-electron chi connectivity index (χ1n) is 6.76. The monoisotopic (exact) mass is 275 g/mol. The Kier molecular flexibility index (Phi) is 3.75. The van der Waals surface area contributed by atoms with E-state index in [0.717, 1.165) is 19.3 Å². The van der Waals surface area contributed by atoms with E-state index in [2.05, 4.69) is 11.6 Å². The van der Waals surface area contributed by atoms with E-state index in [-0.39, 0.29) is 17.5 Å². The first-order valence-corrected chi connectivity index (χ1v) is 8.20. The summed E-state index contributed by atoms with van der Waals surface area (Å²) < 4.78 is 28.9. The molecule has 2 atom stereocenters. The summed E-state index contributed by atoms with van der Waals surface area (Å²) in [7, 11) is -3.33. The van der Waals surface area contributed by atoms with Crippen molar-refractivity contribution in [1.82, 2.24) is 9.03 Å².